The van der Waals surface area contributed by atoms with E-state index in [4.69, 9.17) is 5.11 Å². The molecule has 8 nitrogen and oxygen atoms in total. The first kappa shape index (κ1) is 15.3. The Hall–Kier alpha value is -2.09. The fraction of sp³-hybridized carbons (Fsp3) is 0.615. The number of carboxylic acid groups (broad SMARTS) is 1. The quantitative estimate of drug-likeness (QED) is 0.845. The number of anilines is 1. The first-order valence-electron chi connectivity index (χ1n) is 6.92. The zero-order valence-electron chi connectivity index (χ0n) is 12.3. The number of piperidine rings is 1. The Bertz CT molecular complexity index is 514. The molecule has 8 heteroatoms. The molecule has 1 saturated heterocycles. The molecule has 2 amide bonds. The van der Waals surface area contributed by atoms with Gasteiger partial charge in [-0.3, -0.25) is 9.48 Å². The Morgan fingerprint density at radius 2 is 2.29 bits per heavy atom. The molecule has 0 aromatic carbocycles. The van der Waals surface area contributed by atoms with E-state index in [9.17, 15) is 9.59 Å². The maximum Gasteiger partial charge on any atom is 0.325 e. The summed E-state index contributed by atoms with van der Waals surface area (Å²) < 4.78 is 1.27. The van der Waals surface area contributed by atoms with Crippen molar-refractivity contribution in [3.8, 4) is 0 Å². The number of likely N-dealkylation sites (tertiary alicyclic amines) is 1. The lowest BCUT2D eigenvalue weighted by Crippen LogP contribution is -2.48. The van der Waals surface area contributed by atoms with E-state index in [-0.39, 0.29) is 12.6 Å². The molecular formula is C13H21N5O3. The normalized spacial score (nSPS) is 18.8. The van der Waals surface area contributed by atoms with Crippen molar-refractivity contribution in [1.82, 2.24) is 19.6 Å². The second-order valence-corrected chi connectivity index (χ2v) is 5.46. The van der Waals surface area contributed by atoms with Gasteiger partial charge in [0.2, 0.25) is 0 Å². The van der Waals surface area contributed by atoms with Crippen LogP contribution < -0.4 is 5.32 Å². The van der Waals surface area contributed by atoms with Crippen LogP contribution in [-0.2, 0) is 11.3 Å². The molecule has 0 spiro atoms. The number of nitrogens with zero attached hydrogens (tertiary/aromatic N) is 4. The molecule has 116 valence electrons. The number of amides is 2. The number of urea groups is 1. The van der Waals surface area contributed by atoms with Gasteiger partial charge in [0.25, 0.3) is 0 Å². The highest BCUT2D eigenvalue weighted by Crippen LogP contribution is 2.15. The number of hydrogen-bond acceptors (Lipinski definition) is 4. The molecule has 0 radical (unpaired) electrons. The van der Waals surface area contributed by atoms with Crippen molar-refractivity contribution in [2.45, 2.75) is 25.4 Å². The van der Waals surface area contributed by atoms with Gasteiger partial charge in [-0.2, -0.15) is 5.10 Å². The molecule has 2 rings (SSSR count). The van der Waals surface area contributed by atoms with Gasteiger partial charge in [-0.15, -0.1) is 0 Å². The first-order valence-corrected chi connectivity index (χ1v) is 6.92. The number of likely N-dealkylation sites (N-methyl/N-ethyl adjacent to an activating group) is 1. The van der Waals surface area contributed by atoms with E-state index in [0.29, 0.717) is 18.3 Å². The van der Waals surface area contributed by atoms with Crippen LogP contribution in [0.25, 0.3) is 0 Å². The predicted molar refractivity (Wildman–Crippen MR) is 77.2 cm³/mol. The van der Waals surface area contributed by atoms with Crippen LogP contribution in [0.1, 0.15) is 12.8 Å². The lowest BCUT2D eigenvalue weighted by Gasteiger charge is -2.35. The van der Waals surface area contributed by atoms with Crippen molar-refractivity contribution in [2.75, 3.05) is 32.5 Å². The highest BCUT2D eigenvalue weighted by molar-refractivity contribution is 5.89. The Labute approximate surface area is 123 Å². The van der Waals surface area contributed by atoms with Crippen LogP contribution in [0, 0.1) is 0 Å². The topological polar surface area (TPSA) is 90.7 Å². The average molecular weight is 295 g/mol. The maximum absolute atomic E-state index is 12.2. The molecule has 1 aromatic heterocycles. The summed E-state index contributed by atoms with van der Waals surface area (Å²) in [7, 11) is 4.03. The Morgan fingerprint density at radius 1 is 1.52 bits per heavy atom. The molecule has 2 N–H and O–H groups in total. The Balaban J connectivity index is 1.91. The summed E-state index contributed by atoms with van der Waals surface area (Å²) in [5.74, 6) is -0.971. The monoisotopic (exact) mass is 295 g/mol. The van der Waals surface area contributed by atoms with E-state index in [2.05, 4.69) is 15.3 Å². The van der Waals surface area contributed by atoms with Gasteiger partial charge in [0.15, 0.2) is 0 Å². The number of rotatable bonds is 4. The molecule has 2 heterocycles. The summed E-state index contributed by atoms with van der Waals surface area (Å²) >= 11 is 0. The van der Waals surface area contributed by atoms with Crippen molar-refractivity contribution in [3.63, 3.8) is 0 Å². The number of nitrogens with one attached hydrogen (secondary N) is 1. The van der Waals surface area contributed by atoms with Gasteiger partial charge in [-0.25, -0.2) is 4.79 Å². The molecule has 21 heavy (non-hydrogen) atoms. The zero-order chi connectivity index (χ0) is 15.4. The summed E-state index contributed by atoms with van der Waals surface area (Å²) in [6.45, 7) is 1.21. The number of carbonyl (C=O) groups excluding carboxylic acids is 1. The molecular weight excluding hydrogens is 274 g/mol. The fourth-order valence-electron chi connectivity index (χ4n) is 2.42. The Morgan fingerprint density at radius 3 is 2.95 bits per heavy atom. The molecule has 0 aliphatic carbocycles. The first-order chi connectivity index (χ1) is 9.95. The standard InChI is InChI=1S/C13H21N5O3/c1-16(2)11-4-3-5-17(8-11)13(21)15-10-6-14-18(7-10)9-12(19)20/h6-7,11H,3-5,8-9H2,1-2H3,(H,15,21)(H,19,20). The van der Waals surface area contributed by atoms with Gasteiger partial charge in [-0.1, -0.05) is 0 Å². The van der Waals surface area contributed by atoms with Crippen LogP contribution in [0.4, 0.5) is 10.5 Å². The van der Waals surface area contributed by atoms with Crippen LogP contribution >= 0.6 is 0 Å². The van der Waals surface area contributed by atoms with Crippen molar-refractivity contribution >= 4 is 17.7 Å². The van der Waals surface area contributed by atoms with Crippen molar-refractivity contribution in [3.05, 3.63) is 12.4 Å². The predicted octanol–water partition coefficient (Wildman–Crippen LogP) is 0.526. The number of carboxylic acids is 1. The van der Waals surface area contributed by atoms with E-state index < -0.39 is 5.97 Å². The minimum atomic E-state index is -0.971. The van der Waals surface area contributed by atoms with Crippen LogP contribution in [-0.4, -0.2) is 69.9 Å². The van der Waals surface area contributed by atoms with Crippen LogP contribution in [0.5, 0.6) is 0 Å². The summed E-state index contributed by atoms with van der Waals surface area (Å²) in [5, 5.41) is 15.3. The molecule has 0 bridgehead atoms. The van der Waals surface area contributed by atoms with Gasteiger partial charge in [-0.05, 0) is 26.9 Å². The smallest absolute Gasteiger partial charge is 0.325 e. The minimum Gasteiger partial charge on any atom is -0.480 e. The summed E-state index contributed by atoms with van der Waals surface area (Å²) in [6.07, 6.45) is 5.04. The lowest BCUT2D eigenvalue weighted by atomic mass is 10.1. The SMILES string of the molecule is CN(C)C1CCCN(C(=O)Nc2cnn(CC(=O)O)c2)C1. The third-order valence-electron chi connectivity index (χ3n) is 3.60. The van der Waals surface area contributed by atoms with Crippen LogP contribution in [0.2, 0.25) is 0 Å². The molecule has 1 aliphatic heterocycles. The molecule has 1 aromatic rings. The van der Waals surface area contributed by atoms with E-state index in [1.165, 1.54) is 17.1 Å². The summed E-state index contributed by atoms with van der Waals surface area (Å²) in [6, 6.07) is 0.204. The van der Waals surface area contributed by atoms with Gasteiger partial charge >= 0.3 is 12.0 Å². The van der Waals surface area contributed by atoms with Crippen molar-refractivity contribution < 1.29 is 14.7 Å². The molecule has 1 aliphatic rings. The number of hydrogen-bond donors (Lipinski definition) is 2. The highest BCUT2D eigenvalue weighted by Gasteiger charge is 2.25. The number of aromatic nitrogens is 2. The van der Waals surface area contributed by atoms with Crippen molar-refractivity contribution in [1.29, 1.82) is 0 Å². The van der Waals surface area contributed by atoms with E-state index in [1.54, 1.807) is 4.90 Å². The minimum absolute atomic E-state index is 0.170. The van der Waals surface area contributed by atoms with E-state index >= 15 is 0 Å². The molecule has 1 fully saturated rings. The second kappa shape index (κ2) is 6.57. The lowest BCUT2D eigenvalue weighted by molar-refractivity contribution is -0.137. The van der Waals surface area contributed by atoms with Gasteiger partial charge < -0.3 is 20.2 Å². The van der Waals surface area contributed by atoms with Gasteiger partial charge in [0.1, 0.15) is 6.54 Å². The fourth-order valence-corrected chi connectivity index (χ4v) is 2.42. The van der Waals surface area contributed by atoms with E-state index in [0.717, 1.165) is 19.4 Å². The number of carbonyl (C=O) groups is 2. The molecule has 0 saturated carbocycles. The third-order valence-corrected chi connectivity index (χ3v) is 3.60. The molecule has 1 atom stereocenters. The van der Waals surface area contributed by atoms with E-state index in [1.807, 2.05) is 14.1 Å². The summed E-state index contributed by atoms with van der Waals surface area (Å²) in [5.41, 5.74) is 0.508. The van der Waals surface area contributed by atoms with Gasteiger partial charge in [0, 0.05) is 25.3 Å². The third kappa shape index (κ3) is 4.19. The largest absolute Gasteiger partial charge is 0.480 e. The number of aliphatic carboxylic acids is 1. The van der Waals surface area contributed by atoms with Gasteiger partial charge in [0.05, 0.1) is 11.9 Å². The van der Waals surface area contributed by atoms with Crippen LogP contribution in [0.15, 0.2) is 12.4 Å². The van der Waals surface area contributed by atoms with Crippen molar-refractivity contribution in [2.24, 2.45) is 0 Å². The summed E-state index contributed by atoms with van der Waals surface area (Å²) in [4.78, 5) is 26.7. The highest BCUT2D eigenvalue weighted by atomic mass is 16.4. The second-order valence-electron chi connectivity index (χ2n) is 5.46. The Kier molecular flexibility index (Phi) is 4.79. The average Bonchev–Trinajstić information content (AvgIpc) is 2.85. The maximum atomic E-state index is 12.2. The zero-order valence-corrected chi connectivity index (χ0v) is 12.3. The molecule has 1 unspecified atom stereocenters. The van der Waals surface area contributed by atoms with Crippen LogP contribution in [0.3, 0.4) is 0 Å².